The lowest BCUT2D eigenvalue weighted by atomic mass is 10.0. The molecule has 0 bridgehead atoms. The van der Waals surface area contributed by atoms with Gasteiger partial charge >= 0.3 is 0 Å². The molecule has 0 saturated heterocycles. The Morgan fingerprint density at radius 3 is 2.74 bits per heavy atom. The molecule has 2 aromatic rings. The zero-order chi connectivity index (χ0) is 13.8. The van der Waals surface area contributed by atoms with Gasteiger partial charge < -0.3 is 9.84 Å². The van der Waals surface area contributed by atoms with Crippen molar-refractivity contribution in [1.82, 2.24) is 0 Å². The monoisotopic (exact) mass is 452 g/mol. The van der Waals surface area contributed by atoms with Crippen molar-refractivity contribution < 1.29 is 9.84 Å². The van der Waals surface area contributed by atoms with Crippen molar-refractivity contribution in [3.05, 3.63) is 48.1 Å². The van der Waals surface area contributed by atoms with Crippen molar-refractivity contribution in [2.75, 3.05) is 6.61 Å². The smallest absolute Gasteiger partial charge is 0.133 e. The van der Waals surface area contributed by atoms with Gasteiger partial charge in [0.1, 0.15) is 11.9 Å². The van der Waals surface area contributed by atoms with E-state index < -0.39 is 6.10 Å². The molecule has 0 saturated carbocycles. The molecular weight excluding hydrogens is 439 g/mol. The van der Waals surface area contributed by atoms with Gasteiger partial charge in [0.2, 0.25) is 0 Å². The molecule has 0 amide bonds. The summed E-state index contributed by atoms with van der Waals surface area (Å²) in [5, 5.41) is 12.3. The summed E-state index contributed by atoms with van der Waals surface area (Å²) in [4.78, 5) is 0. The van der Waals surface area contributed by atoms with Crippen molar-refractivity contribution >= 4 is 49.9 Å². The largest absolute Gasteiger partial charge is 0.492 e. The lowest BCUT2D eigenvalue weighted by molar-refractivity contribution is 0.220. The van der Waals surface area contributed by atoms with Crippen LogP contribution in [-0.2, 0) is 0 Å². The predicted octanol–water partition coefficient (Wildman–Crippen LogP) is 4.99. The molecule has 1 unspecified atom stereocenters. The Balaban J connectivity index is 2.19. The Kier molecular flexibility index (Phi) is 5.68. The topological polar surface area (TPSA) is 29.5 Å². The van der Waals surface area contributed by atoms with Gasteiger partial charge in [-0.3, -0.25) is 0 Å². The molecule has 1 N–H and O–H groups in total. The van der Waals surface area contributed by atoms with E-state index in [0.29, 0.717) is 6.61 Å². The van der Waals surface area contributed by atoms with E-state index in [2.05, 4.69) is 45.4 Å². The summed E-state index contributed by atoms with van der Waals surface area (Å²) in [7, 11) is 0. The number of ether oxygens (including phenoxy) is 1. The third-order valence-corrected chi connectivity index (χ3v) is 5.06. The number of benzene rings is 1. The van der Waals surface area contributed by atoms with Gasteiger partial charge in [-0.05, 0) is 79.6 Å². The van der Waals surface area contributed by atoms with Crippen LogP contribution in [0.25, 0.3) is 0 Å². The van der Waals surface area contributed by atoms with Crippen LogP contribution in [0.1, 0.15) is 30.6 Å². The molecule has 1 aromatic carbocycles. The van der Waals surface area contributed by atoms with Crippen LogP contribution in [0.5, 0.6) is 5.75 Å². The molecule has 0 radical (unpaired) electrons. The number of hydrogen-bond acceptors (Lipinski definition) is 3. The molecule has 0 aliphatic rings. The Morgan fingerprint density at radius 2 is 2.16 bits per heavy atom. The first-order chi connectivity index (χ1) is 9.11. The summed E-state index contributed by atoms with van der Waals surface area (Å²) in [6.45, 7) is 2.77. The summed E-state index contributed by atoms with van der Waals surface area (Å²) < 4.78 is 7.65. The van der Waals surface area contributed by atoms with Crippen LogP contribution in [-0.4, -0.2) is 11.7 Å². The highest BCUT2D eigenvalue weighted by Crippen LogP contribution is 2.32. The number of aliphatic hydroxyl groups excluding tert-OH is 1. The molecule has 0 aliphatic carbocycles. The van der Waals surface area contributed by atoms with Crippen molar-refractivity contribution in [2.45, 2.75) is 19.4 Å². The fourth-order valence-corrected chi connectivity index (χ4v) is 3.58. The van der Waals surface area contributed by atoms with Gasteiger partial charge in [-0.25, -0.2) is 0 Å². The zero-order valence-electron chi connectivity index (χ0n) is 10.4. The normalized spacial score (nSPS) is 12.4. The highest BCUT2D eigenvalue weighted by atomic mass is 127. The summed E-state index contributed by atoms with van der Waals surface area (Å²) in [6, 6.07) is 7.73. The van der Waals surface area contributed by atoms with Gasteiger partial charge in [0.25, 0.3) is 0 Å². The molecule has 19 heavy (non-hydrogen) atoms. The summed E-state index contributed by atoms with van der Waals surface area (Å²) in [5.74, 6) is 0.817. The maximum Gasteiger partial charge on any atom is 0.133 e. The molecule has 0 fully saturated rings. The average Bonchev–Trinajstić information content (AvgIpc) is 2.83. The maximum atomic E-state index is 10.3. The van der Waals surface area contributed by atoms with E-state index in [9.17, 15) is 5.11 Å². The van der Waals surface area contributed by atoms with Crippen LogP contribution in [0.2, 0.25) is 0 Å². The molecule has 0 spiro atoms. The van der Waals surface area contributed by atoms with E-state index in [1.807, 2.05) is 29.6 Å². The fraction of sp³-hybridized carbons (Fsp3) is 0.286. The van der Waals surface area contributed by atoms with Crippen LogP contribution in [0.15, 0.2) is 34.1 Å². The Hall–Kier alpha value is -0.110. The molecule has 1 aromatic heterocycles. The molecule has 102 valence electrons. The molecule has 2 nitrogen and oxygen atoms in total. The van der Waals surface area contributed by atoms with Gasteiger partial charge in [0.15, 0.2) is 0 Å². The van der Waals surface area contributed by atoms with Crippen LogP contribution < -0.4 is 4.74 Å². The second-order valence-corrected chi connectivity index (χ2v) is 7.78. The predicted molar refractivity (Wildman–Crippen MR) is 91.0 cm³/mol. The van der Waals surface area contributed by atoms with E-state index >= 15 is 0 Å². The van der Waals surface area contributed by atoms with Crippen LogP contribution in [0, 0.1) is 2.88 Å². The highest BCUT2D eigenvalue weighted by molar-refractivity contribution is 14.1. The van der Waals surface area contributed by atoms with E-state index in [1.54, 1.807) is 11.3 Å². The number of hydrogen-bond donors (Lipinski definition) is 1. The first kappa shape index (κ1) is 15.3. The van der Waals surface area contributed by atoms with Gasteiger partial charge in [0.05, 0.1) is 14.0 Å². The molecular formula is C14H14BrIO2S. The Morgan fingerprint density at radius 1 is 1.37 bits per heavy atom. The second kappa shape index (κ2) is 7.06. The Labute approximate surface area is 139 Å². The summed E-state index contributed by atoms with van der Waals surface area (Å²) in [6.07, 6.45) is 0.390. The van der Waals surface area contributed by atoms with Gasteiger partial charge in [-0.15, -0.1) is 11.3 Å². The number of halogens is 2. The van der Waals surface area contributed by atoms with Crippen molar-refractivity contribution in [3.8, 4) is 5.75 Å². The van der Waals surface area contributed by atoms with Crippen molar-refractivity contribution in [3.63, 3.8) is 0 Å². The molecule has 0 aliphatic heterocycles. The Bertz CT molecular complexity index is 556. The summed E-state index contributed by atoms with van der Waals surface area (Å²) in [5.41, 5.74) is 1.80. The van der Waals surface area contributed by atoms with Crippen LogP contribution in [0.4, 0.5) is 0 Å². The first-order valence-electron chi connectivity index (χ1n) is 5.96. The minimum Gasteiger partial charge on any atom is -0.492 e. The van der Waals surface area contributed by atoms with Crippen LogP contribution in [0.3, 0.4) is 0 Å². The van der Waals surface area contributed by atoms with E-state index in [0.717, 1.165) is 27.8 Å². The van der Waals surface area contributed by atoms with E-state index in [-0.39, 0.29) is 0 Å². The van der Waals surface area contributed by atoms with Gasteiger partial charge in [0, 0.05) is 0 Å². The zero-order valence-corrected chi connectivity index (χ0v) is 15.0. The number of aliphatic hydroxyl groups is 1. The van der Waals surface area contributed by atoms with Gasteiger partial charge in [-0.1, -0.05) is 13.0 Å². The quantitative estimate of drug-likeness (QED) is 0.648. The first-order valence-corrected chi connectivity index (χ1v) is 8.71. The maximum absolute atomic E-state index is 10.3. The SMILES string of the molecule is CCCOc1ccc(C(O)c2csc(I)c2)cc1Br. The number of rotatable bonds is 5. The standard InChI is InChI=1S/C14H14BrIO2S/c1-2-5-18-12-4-3-9(6-11(12)15)14(17)10-7-13(16)19-8-10/h3-4,6-8,14,17H,2,5H2,1H3. The van der Waals surface area contributed by atoms with Crippen LogP contribution >= 0.6 is 49.9 Å². The van der Waals surface area contributed by atoms with Gasteiger partial charge in [-0.2, -0.15) is 0 Å². The third kappa shape index (κ3) is 3.93. The third-order valence-electron chi connectivity index (χ3n) is 2.64. The molecule has 1 atom stereocenters. The van der Waals surface area contributed by atoms with Crippen molar-refractivity contribution in [2.24, 2.45) is 0 Å². The fourth-order valence-electron chi connectivity index (χ4n) is 1.68. The lowest BCUT2D eigenvalue weighted by Gasteiger charge is -2.12. The second-order valence-electron chi connectivity index (χ2n) is 4.13. The minimum atomic E-state index is -0.587. The molecule has 1 heterocycles. The molecule has 5 heteroatoms. The number of thiophene rings is 1. The summed E-state index contributed by atoms with van der Waals surface area (Å²) >= 11 is 7.38. The van der Waals surface area contributed by atoms with E-state index in [4.69, 9.17) is 4.74 Å². The van der Waals surface area contributed by atoms with Crippen molar-refractivity contribution in [1.29, 1.82) is 0 Å². The average molecular weight is 453 g/mol. The molecule has 2 rings (SSSR count). The minimum absolute atomic E-state index is 0.587. The highest BCUT2D eigenvalue weighted by Gasteiger charge is 2.14. The lowest BCUT2D eigenvalue weighted by Crippen LogP contribution is -2.00. The van der Waals surface area contributed by atoms with E-state index in [1.165, 1.54) is 2.88 Å².